The van der Waals surface area contributed by atoms with Gasteiger partial charge in [-0.3, -0.25) is 4.79 Å². The fourth-order valence-corrected chi connectivity index (χ4v) is 6.37. The monoisotopic (exact) mass is 377 g/mol. The van der Waals surface area contributed by atoms with Gasteiger partial charge in [0.05, 0.1) is 5.56 Å². The normalized spacial score (nSPS) is 30.4. The SMILES string of the molecule is O=C(COC(=O)c1ccc2ccccc2c1)NCC12CC3CC(CC(C3)C1)C2. The summed E-state index contributed by atoms with van der Waals surface area (Å²) in [5.74, 6) is 1.97. The van der Waals surface area contributed by atoms with Gasteiger partial charge in [0.2, 0.25) is 0 Å². The highest BCUT2D eigenvalue weighted by Gasteiger charge is 2.50. The Morgan fingerprint density at radius 2 is 1.57 bits per heavy atom. The molecule has 4 bridgehead atoms. The third-order valence-electron chi connectivity index (χ3n) is 7.15. The highest BCUT2D eigenvalue weighted by Crippen LogP contribution is 2.59. The Kier molecular flexibility index (Phi) is 4.37. The number of hydrogen-bond donors (Lipinski definition) is 1. The molecule has 0 aliphatic heterocycles. The largest absolute Gasteiger partial charge is 0.452 e. The van der Waals surface area contributed by atoms with Crippen LogP contribution in [0.5, 0.6) is 0 Å². The van der Waals surface area contributed by atoms with Crippen LogP contribution in [0.1, 0.15) is 48.9 Å². The van der Waals surface area contributed by atoms with Gasteiger partial charge >= 0.3 is 5.97 Å². The second kappa shape index (κ2) is 6.91. The number of fused-ring (bicyclic) bond motifs is 1. The predicted octanol–water partition coefficient (Wildman–Crippen LogP) is 4.33. The van der Waals surface area contributed by atoms with Crippen LogP contribution >= 0.6 is 0 Å². The summed E-state index contributed by atoms with van der Waals surface area (Å²) >= 11 is 0. The molecule has 4 aliphatic rings. The van der Waals surface area contributed by atoms with Crippen LogP contribution in [-0.2, 0) is 9.53 Å². The Labute approximate surface area is 165 Å². The van der Waals surface area contributed by atoms with Gasteiger partial charge in [0, 0.05) is 6.54 Å². The summed E-state index contributed by atoms with van der Waals surface area (Å²) in [6.07, 6.45) is 7.98. The molecule has 28 heavy (non-hydrogen) atoms. The zero-order valence-corrected chi connectivity index (χ0v) is 16.2. The molecule has 0 spiro atoms. The third-order valence-corrected chi connectivity index (χ3v) is 7.15. The van der Waals surface area contributed by atoms with Gasteiger partial charge in [-0.05, 0) is 84.6 Å². The van der Waals surface area contributed by atoms with E-state index in [0.29, 0.717) is 11.0 Å². The molecule has 4 nitrogen and oxygen atoms in total. The Hall–Kier alpha value is -2.36. The second-order valence-electron chi connectivity index (χ2n) is 9.33. The van der Waals surface area contributed by atoms with E-state index in [1.807, 2.05) is 36.4 Å². The number of rotatable bonds is 5. The molecule has 1 amide bonds. The number of hydrogen-bond acceptors (Lipinski definition) is 3. The molecule has 0 saturated heterocycles. The van der Waals surface area contributed by atoms with Gasteiger partial charge in [-0.1, -0.05) is 30.3 Å². The smallest absolute Gasteiger partial charge is 0.338 e. The quantitative estimate of drug-likeness (QED) is 0.789. The van der Waals surface area contributed by atoms with Crippen molar-refractivity contribution in [2.45, 2.75) is 38.5 Å². The third kappa shape index (κ3) is 3.41. The van der Waals surface area contributed by atoms with Gasteiger partial charge in [-0.2, -0.15) is 0 Å². The van der Waals surface area contributed by atoms with E-state index in [1.54, 1.807) is 6.07 Å². The first kappa shape index (κ1) is 17.7. The highest BCUT2D eigenvalue weighted by atomic mass is 16.5. The Morgan fingerprint density at radius 1 is 0.929 bits per heavy atom. The number of carbonyl (C=O) groups is 2. The summed E-state index contributed by atoms with van der Waals surface area (Å²) in [5.41, 5.74) is 0.778. The lowest BCUT2D eigenvalue weighted by Gasteiger charge is -2.56. The molecule has 0 radical (unpaired) electrons. The number of amides is 1. The summed E-state index contributed by atoms with van der Waals surface area (Å²) in [6.45, 7) is 0.529. The van der Waals surface area contributed by atoms with Crippen LogP contribution in [0, 0.1) is 23.2 Å². The standard InChI is InChI=1S/C24H27NO3/c26-22(25-15-24-11-16-7-17(12-24)9-18(8-16)13-24)14-28-23(27)21-6-5-19-3-1-2-4-20(19)10-21/h1-6,10,16-18H,7-9,11-15H2,(H,25,26). The van der Waals surface area contributed by atoms with E-state index >= 15 is 0 Å². The van der Waals surface area contributed by atoms with Gasteiger partial charge in [-0.15, -0.1) is 0 Å². The van der Waals surface area contributed by atoms with Crippen LogP contribution in [0.2, 0.25) is 0 Å². The van der Waals surface area contributed by atoms with E-state index in [-0.39, 0.29) is 12.5 Å². The maximum absolute atomic E-state index is 12.3. The molecule has 4 saturated carbocycles. The molecule has 4 fully saturated rings. The zero-order chi connectivity index (χ0) is 19.1. The molecule has 146 valence electrons. The topological polar surface area (TPSA) is 55.4 Å². The van der Waals surface area contributed by atoms with Crippen LogP contribution in [0.3, 0.4) is 0 Å². The van der Waals surface area contributed by atoms with E-state index in [1.165, 1.54) is 38.5 Å². The molecule has 0 heterocycles. The van der Waals surface area contributed by atoms with Crippen molar-refractivity contribution in [1.82, 2.24) is 5.32 Å². The summed E-state index contributed by atoms with van der Waals surface area (Å²) < 4.78 is 5.26. The summed E-state index contributed by atoms with van der Waals surface area (Å²) in [5, 5.41) is 5.13. The lowest BCUT2D eigenvalue weighted by atomic mass is 9.49. The Bertz CT molecular complexity index is 884. The van der Waals surface area contributed by atoms with Crippen molar-refractivity contribution in [1.29, 1.82) is 0 Å². The molecule has 0 atom stereocenters. The number of ether oxygens (including phenoxy) is 1. The maximum Gasteiger partial charge on any atom is 0.338 e. The highest BCUT2D eigenvalue weighted by molar-refractivity contribution is 5.96. The van der Waals surface area contributed by atoms with Crippen molar-refractivity contribution in [2.75, 3.05) is 13.2 Å². The number of benzene rings is 2. The van der Waals surface area contributed by atoms with Crippen molar-refractivity contribution in [3.8, 4) is 0 Å². The van der Waals surface area contributed by atoms with Crippen LogP contribution in [0.4, 0.5) is 0 Å². The minimum atomic E-state index is -0.448. The fraction of sp³-hybridized carbons (Fsp3) is 0.500. The average molecular weight is 377 g/mol. The summed E-state index contributed by atoms with van der Waals surface area (Å²) in [6, 6.07) is 13.3. The number of nitrogens with one attached hydrogen (secondary N) is 1. The first-order valence-corrected chi connectivity index (χ1v) is 10.5. The van der Waals surface area contributed by atoms with E-state index < -0.39 is 5.97 Å². The molecule has 2 aromatic rings. The van der Waals surface area contributed by atoms with Crippen molar-refractivity contribution in [3.63, 3.8) is 0 Å². The molecular weight excluding hydrogens is 350 g/mol. The molecule has 0 unspecified atom stereocenters. The fourth-order valence-electron chi connectivity index (χ4n) is 6.37. The Morgan fingerprint density at radius 3 is 2.25 bits per heavy atom. The summed E-state index contributed by atoms with van der Waals surface area (Å²) in [7, 11) is 0. The van der Waals surface area contributed by atoms with Crippen molar-refractivity contribution >= 4 is 22.6 Å². The molecule has 1 N–H and O–H groups in total. The van der Waals surface area contributed by atoms with Crippen molar-refractivity contribution in [3.05, 3.63) is 48.0 Å². The van der Waals surface area contributed by atoms with E-state index in [9.17, 15) is 9.59 Å². The number of esters is 1. The first-order valence-electron chi connectivity index (χ1n) is 10.5. The first-order chi connectivity index (χ1) is 13.6. The Balaban J connectivity index is 1.14. The van der Waals surface area contributed by atoms with E-state index in [2.05, 4.69) is 5.32 Å². The molecule has 4 heteroatoms. The van der Waals surface area contributed by atoms with Gasteiger partial charge in [0.15, 0.2) is 6.61 Å². The van der Waals surface area contributed by atoms with Crippen LogP contribution in [0.25, 0.3) is 10.8 Å². The zero-order valence-electron chi connectivity index (χ0n) is 16.2. The van der Waals surface area contributed by atoms with Gasteiger partial charge in [0.1, 0.15) is 0 Å². The number of carbonyl (C=O) groups excluding carboxylic acids is 2. The molecule has 0 aromatic heterocycles. The van der Waals surface area contributed by atoms with Crippen LogP contribution in [0.15, 0.2) is 42.5 Å². The minimum absolute atomic E-state index is 0.190. The van der Waals surface area contributed by atoms with E-state index in [0.717, 1.165) is 35.1 Å². The van der Waals surface area contributed by atoms with Crippen molar-refractivity contribution < 1.29 is 14.3 Å². The van der Waals surface area contributed by atoms with Crippen LogP contribution < -0.4 is 5.32 Å². The molecule has 2 aromatic carbocycles. The maximum atomic E-state index is 12.3. The molecule has 6 rings (SSSR count). The lowest BCUT2D eigenvalue weighted by molar-refractivity contribution is -0.126. The van der Waals surface area contributed by atoms with Gasteiger partial charge in [0.25, 0.3) is 5.91 Å². The minimum Gasteiger partial charge on any atom is -0.452 e. The molecule has 4 aliphatic carbocycles. The van der Waals surface area contributed by atoms with Crippen LogP contribution in [-0.4, -0.2) is 25.0 Å². The second-order valence-corrected chi connectivity index (χ2v) is 9.33. The molecular formula is C24H27NO3. The van der Waals surface area contributed by atoms with Gasteiger partial charge in [-0.25, -0.2) is 4.79 Å². The van der Waals surface area contributed by atoms with Gasteiger partial charge < -0.3 is 10.1 Å². The summed E-state index contributed by atoms with van der Waals surface area (Å²) in [4.78, 5) is 24.6. The predicted molar refractivity (Wildman–Crippen MR) is 108 cm³/mol. The lowest BCUT2D eigenvalue weighted by Crippen LogP contribution is -2.51. The average Bonchev–Trinajstić information content (AvgIpc) is 2.69. The van der Waals surface area contributed by atoms with E-state index in [4.69, 9.17) is 4.74 Å². The van der Waals surface area contributed by atoms with Crippen molar-refractivity contribution in [2.24, 2.45) is 23.2 Å².